The fourth-order valence-corrected chi connectivity index (χ4v) is 1.31. The Bertz CT molecular complexity index is 339. The molecule has 4 N–H and O–H groups in total. The number of aromatic nitrogens is 1. The molecule has 6 heteroatoms. The van der Waals surface area contributed by atoms with Gasteiger partial charge in [0, 0.05) is 19.3 Å². The van der Waals surface area contributed by atoms with Crippen molar-refractivity contribution < 1.29 is 9.90 Å². The zero-order valence-electron chi connectivity index (χ0n) is 9.18. The van der Waals surface area contributed by atoms with Crippen molar-refractivity contribution >= 4 is 11.7 Å². The van der Waals surface area contributed by atoms with Crippen LogP contribution in [0.15, 0.2) is 18.3 Å². The van der Waals surface area contributed by atoms with E-state index >= 15 is 0 Å². The van der Waals surface area contributed by atoms with Gasteiger partial charge in [0.1, 0.15) is 5.82 Å². The van der Waals surface area contributed by atoms with E-state index in [0.29, 0.717) is 24.5 Å². The average molecular weight is 224 g/mol. The lowest BCUT2D eigenvalue weighted by Gasteiger charge is -2.19. The summed E-state index contributed by atoms with van der Waals surface area (Å²) in [6.07, 6.45) is 1.46. The smallest absolute Gasteiger partial charge is 0.255 e. The summed E-state index contributed by atoms with van der Waals surface area (Å²) in [4.78, 5) is 17.4. The molecule has 1 aromatic heterocycles. The summed E-state index contributed by atoms with van der Waals surface area (Å²) < 4.78 is 0. The Morgan fingerprint density at radius 1 is 1.62 bits per heavy atom. The highest BCUT2D eigenvalue weighted by Crippen LogP contribution is 2.06. The predicted molar refractivity (Wildman–Crippen MR) is 60.7 cm³/mol. The summed E-state index contributed by atoms with van der Waals surface area (Å²) in [6.45, 7) is 2.69. The third kappa shape index (κ3) is 2.91. The molecule has 0 aromatic carbocycles. The van der Waals surface area contributed by atoms with E-state index in [1.807, 2.05) is 6.92 Å². The topological polar surface area (TPSA) is 91.5 Å². The molecule has 0 aliphatic rings. The number of amides is 1. The normalized spacial score (nSPS) is 9.94. The Morgan fingerprint density at radius 2 is 2.38 bits per heavy atom. The fraction of sp³-hybridized carbons (Fsp3) is 0.400. The summed E-state index contributed by atoms with van der Waals surface area (Å²) in [5, 5.41) is 8.81. The maximum Gasteiger partial charge on any atom is 0.255 e. The number of nitrogens with one attached hydrogen (secondary N) is 1. The summed E-state index contributed by atoms with van der Waals surface area (Å²) in [6, 6.07) is 3.27. The highest BCUT2D eigenvalue weighted by molar-refractivity contribution is 5.94. The van der Waals surface area contributed by atoms with Crippen LogP contribution in [0.2, 0.25) is 0 Å². The number of anilines is 1. The number of aliphatic hydroxyl groups is 1. The van der Waals surface area contributed by atoms with Crippen molar-refractivity contribution in [1.29, 1.82) is 0 Å². The SMILES string of the molecule is CCN(CCO)C(=O)c1ccc(NN)nc1. The Balaban J connectivity index is 2.78. The molecule has 88 valence electrons. The van der Waals surface area contributed by atoms with Crippen LogP contribution in [-0.2, 0) is 0 Å². The number of rotatable bonds is 5. The highest BCUT2D eigenvalue weighted by atomic mass is 16.3. The van der Waals surface area contributed by atoms with Gasteiger partial charge >= 0.3 is 0 Å². The Hall–Kier alpha value is -1.66. The first-order valence-electron chi connectivity index (χ1n) is 5.05. The van der Waals surface area contributed by atoms with Crippen LogP contribution in [0.5, 0.6) is 0 Å². The number of carbonyl (C=O) groups excluding carboxylic acids is 1. The van der Waals surface area contributed by atoms with E-state index in [0.717, 1.165) is 0 Å². The Labute approximate surface area is 94.1 Å². The third-order valence-electron chi connectivity index (χ3n) is 2.20. The lowest BCUT2D eigenvalue weighted by molar-refractivity contribution is 0.0731. The van der Waals surface area contributed by atoms with Crippen LogP contribution in [0.4, 0.5) is 5.82 Å². The van der Waals surface area contributed by atoms with Crippen LogP contribution >= 0.6 is 0 Å². The largest absolute Gasteiger partial charge is 0.395 e. The summed E-state index contributed by atoms with van der Waals surface area (Å²) >= 11 is 0. The van der Waals surface area contributed by atoms with E-state index in [9.17, 15) is 4.79 Å². The van der Waals surface area contributed by atoms with Gasteiger partial charge < -0.3 is 15.4 Å². The van der Waals surface area contributed by atoms with Gasteiger partial charge in [0.2, 0.25) is 0 Å². The number of hydrogen-bond acceptors (Lipinski definition) is 5. The monoisotopic (exact) mass is 224 g/mol. The van der Waals surface area contributed by atoms with Gasteiger partial charge in [0.05, 0.1) is 12.2 Å². The summed E-state index contributed by atoms with van der Waals surface area (Å²) in [5.74, 6) is 5.52. The zero-order chi connectivity index (χ0) is 12.0. The van der Waals surface area contributed by atoms with E-state index in [1.54, 1.807) is 17.0 Å². The zero-order valence-corrected chi connectivity index (χ0v) is 9.18. The van der Waals surface area contributed by atoms with E-state index in [1.165, 1.54) is 6.20 Å². The molecule has 1 amide bonds. The first-order chi connectivity index (χ1) is 7.72. The lowest BCUT2D eigenvalue weighted by Crippen LogP contribution is -2.33. The van der Waals surface area contributed by atoms with Crippen LogP contribution in [0.3, 0.4) is 0 Å². The van der Waals surface area contributed by atoms with Gasteiger partial charge in [-0.1, -0.05) is 0 Å². The number of aliphatic hydroxyl groups excluding tert-OH is 1. The van der Waals surface area contributed by atoms with Crippen LogP contribution < -0.4 is 11.3 Å². The van der Waals surface area contributed by atoms with E-state index in [-0.39, 0.29) is 12.5 Å². The van der Waals surface area contributed by atoms with Crippen molar-refractivity contribution in [2.75, 3.05) is 25.1 Å². The second-order valence-corrected chi connectivity index (χ2v) is 3.18. The fourth-order valence-electron chi connectivity index (χ4n) is 1.31. The maximum absolute atomic E-state index is 11.9. The number of nitrogen functional groups attached to an aromatic ring is 1. The molecular weight excluding hydrogens is 208 g/mol. The molecule has 0 bridgehead atoms. The standard InChI is InChI=1S/C10H16N4O2/c1-2-14(5-6-15)10(16)8-3-4-9(13-11)12-7-8/h3-4,7,15H,2,5-6,11H2,1H3,(H,12,13). The number of nitrogens with two attached hydrogens (primary N) is 1. The lowest BCUT2D eigenvalue weighted by atomic mass is 10.2. The van der Waals surface area contributed by atoms with Crippen molar-refractivity contribution in [2.45, 2.75) is 6.92 Å². The molecule has 1 rings (SSSR count). The average Bonchev–Trinajstić information content (AvgIpc) is 2.35. The molecule has 6 nitrogen and oxygen atoms in total. The van der Waals surface area contributed by atoms with Crippen LogP contribution in [-0.4, -0.2) is 40.6 Å². The number of hydrazine groups is 1. The summed E-state index contributed by atoms with van der Waals surface area (Å²) in [7, 11) is 0. The molecule has 0 aliphatic heterocycles. The molecule has 1 aromatic rings. The van der Waals surface area contributed by atoms with Crippen molar-refractivity contribution in [3.8, 4) is 0 Å². The molecular formula is C10H16N4O2. The summed E-state index contributed by atoms with van der Waals surface area (Å²) in [5.41, 5.74) is 2.87. The molecule has 0 aliphatic carbocycles. The van der Waals surface area contributed by atoms with Crippen molar-refractivity contribution in [1.82, 2.24) is 9.88 Å². The van der Waals surface area contributed by atoms with Gasteiger partial charge in [-0.2, -0.15) is 0 Å². The Morgan fingerprint density at radius 3 is 2.81 bits per heavy atom. The number of nitrogens with zero attached hydrogens (tertiary/aromatic N) is 2. The van der Waals surface area contributed by atoms with Gasteiger partial charge in [-0.25, -0.2) is 10.8 Å². The van der Waals surface area contributed by atoms with Gasteiger partial charge in [0.15, 0.2) is 0 Å². The first-order valence-corrected chi connectivity index (χ1v) is 5.05. The third-order valence-corrected chi connectivity index (χ3v) is 2.20. The molecule has 0 spiro atoms. The van der Waals surface area contributed by atoms with Crippen molar-refractivity contribution in [3.05, 3.63) is 23.9 Å². The van der Waals surface area contributed by atoms with Crippen molar-refractivity contribution in [3.63, 3.8) is 0 Å². The Kier molecular flexibility index (Phi) is 4.68. The van der Waals surface area contributed by atoms with E-state index in [2.05, 4.69) is 10.4 Å². The molecule has 0 unspecified atom stereocenters. The van der Waals surface area contributed by atoms with Crippen LogP contribution in [0.1, 0.15) is 17.3 Å². The molecule has 0 fully saturated rings. The van der Waals surface area contributed by atoms with Crippen LogP contribution in [0, 0.1) is 0 Å². The maximum atomic E-state index is 11.9. The minimum absolute atomic E-state index is 0.0462. The van der Waals surface area contributed by atoms with E-state index in [4.69, 9.17) is 10.9 Å². The highest BCUT2D eigenvalue weighted by Gasteiger charge is 2.13. The first kappa shape index (κ1) is 12.4. The molecule has 0 saturated heterocycles. The number of hydrogen-bond donors (Lipinski definition) is 3. The quantitative estimate of drug-likeness (QED) is 0.477. The van der Waals surface area contributed by atoms with Crippen molar-refractivity contribution in [2.24, 2.45) is 5.84 Å². The van der Waals surface area contributed by atoms with Gasteiger partial charge in [-0.05, 0) is 19.1 Å². The minimum Gasteiger partial charge on any atom is -0.395 e. The van der Waals surface area contributed by atoms with E-state index < -0.39 is 0 Å². The predicted octanol–water partition coefficient (Wildman–Crippen LogP) is -0.178. The van der Waals surface area contributed by atoms with Gasteiger partial charge in [-0.15, -0.1) is 0 Å². The number of pyridine rings is 1. The molecule has 16 heavy (non-hydrogen) atoms. The number of likely N-dealkylation sites (N-methyl/N-ethyl adjacent to an activating group) is 1. The van der Waals surface area contributed by atoms with Gasteiger partial charge in [0.25, 0.3) is 5.91 Å². The molecule has 1 heterocycles. The minimum atomic E-state index is -0.146. The second-order valence-electron chi connectivity index (χ2n) is 3.18. The number of carbonyl (C=O) groups is 1. The molecule has 0 atom stereocenters. The van der Waals surface area contributed by atoms with Crippen LogP contribution in [0.25, 0.3) is 0 Å². The second kappa shape index (κ2) is 6.04. The molecule has 0 saturated carbocycles. The molecule has 0 radical (unpaired) electrons. The van der Waals surface area contributed by atoms with Gasteiger partial charge in [-0.3, -0.25) is 4.79 Å².